The second kappa shape index (κ2) is 8.20. The Balaban J connectivity index is 1.49. The number of fused-ring (bicyclic) bond motifs is 1. The summed E-state index contributed by atoms with van der Waals surface area (Å²) in [7, 11) is 0. The van der Waals surface area contributed by atoms with Gasteiger partial charge >= 0.3 is 0 Å². The first-order valence-electron chi connectivity index (χ1n) is 9.83. The molecule has 2 amide bonds. The van der Waals surface area contributed by atoms with Crippen LogP contribution in [0.25, 0.3) is 0 Å². The number of piperazine rings is 1. The van der Waals surface area contributed by atoms with Crippen molar-refractivity contribution in [3.8, 4) is 0 Å². The summed E-state index contributed by atoms with van der Waals surface area (Å²) in [6.45, 7) is 11.9. The van der Waals surface area contributed by atoms with Crippen LogP contribution in [0.4, 0.5) is 0 Å². The Kier molecular flexibility index (Phi) is 5.96. The Labute approximate surface area is 156 Å². The van der Waals surface area contributed by atoms with Gasteiger partial charge in [-0.15, -0.1) is 0 Å². The number of nitrogens with zero attached hydrogens (tertiary/aromatic N) is 5. The van der Waals surface area contributed by atoms with Gasteiger partial charge in [0, 0.05) is 70.0 Å². The van der Waals surface area contributed by atoms with Crippen molar-refractivity contribution in [1.82, 2.24) is 24.3 Å². The topological polar surface area (TPSA) is 61.7 Å². The number of imidazole rings is 1. The second-order valence-electron chi connectivity index (χ2n) is 7.31. The van der Waals surface area contributed by atoms with Gasteiger partial charge < -0.3 is 14.4 Å². The molecule has 7 heteroatoms. The maximum atomic E-state index is 12.9. The molecule has 2 aliphatic heterocycles. The van der Waals surface area contributed by atoms with Gasteiger partial charge in [0.1, 0.15) is 5.82 Å². The monoisotopic (exact) mass is 361 g/mol. The molecule has 1 atom stereocenters. The van der Waals surface area contributed by atoms with Crippen molar-refractivity contribution in [2.45, 2.75) is 40.2 Å². The molecule has 1 unspecified atom stereocenters. The van der Waals surface area contributed by atoms with Crippen molar-refractivity contribution >= 4 is 11.8 Å². The van der Waals surface area contributed by atoms with E-state index in [0.29, 0.717) is 6.54 Å². The number of aryl methyl sites for hydroxylation is 1. The van der Waals surface area contributed by atoms with E-state index in [4.69, 9.17) is 0 Å². The van der Waals surface area contributed by atoms with Crippen LogP contribution in [0.5, 0.6) is 0 Å². The number of aromatic nitrogens is 2. The van der Waals surface area contributed by atoms with Crippen LogP contribution in [0.1, 0.15) is 31.8 Å². The molecule has 2 aliphatic rings. The van der Waals surface area contributed by atoms with Crippen LogP contribution in [0.2, 0.25) is 0 Å². The summed E-state index contributed by atoms with van der Waals surface area (Å²) in [6, 6.07) is 0. The van der Waals surface area contributed by atoms with Gasteiger partial charge in [0.25, 0.3) is 0 Å². The Morgan fingerprint density at radius 3 is 2.50 bits per heavy atom. The highest BCUT2D eigenvalue weighted by Gasteiger charge is 2.31. The van der Waals surface area contributed by atoms with Gasteiger partial charge in [0.15, 0.2) is 0 Å². The normalized spacial score (nSPS) is 20.7. The lowest BCUT2D eigenvalue weighted by Gasteiger charge is -2.37. The molecule has 1 aromatic heterocycles. The van der Waals surface area contributed by atoms with Crippen LogP contribution in [0.15, 0.2) is 6.20 Å². The highest BCUT2D eigenvalue weighted by atomic mass is 16.2. The van der Waals surface area contributed by atoms with E-state index in [2.05, 4.69) is 14.5 Å². The fourth-order valence-corrected chi connectivity index (χ4v) is 4.09. The minimum absolute atomic E-state index is 0.0717. The van der Waals surface area contributed by atoms with Crippen LogP contribution in [0.3, 0.4) is 0 Å². The Morgan fingerprint density at radius 2 is 1.85 bits per heavy atom. The summed E-state index contributed by atoms with van der Waals surface area (Å²) in [5, 5.41) is 0. The molecule has 0 bridgehead atoms. The standard InChI is InChI=1S/C19H31N5O2/c1-4-22(5-2)18(25)14-21-8-10-23(11-9-21)19(26)16-6-7-24-15(3)20-13-17(24)12-16/h13,16H,4-12,14H2,1-3H3. The molecule has 1 fully saturated rings. The molecule has 26 heavy (non-hydrogen) atoms. The van der Waals surface area contributed by atoms with Crippen molar-refractivity contribution in [3.63, 3.8) is 0 Å². The van der Waals surface area contributed by atoms with Gasteiger partial charge in [0.2, 0.25) is 11.8 Å². The molecule has 0 radical (unpaired) electrons. The number of rotatable bonds is 5. The summed E-state index contributed by atoms with van der Waals surface area (Å²) >= 11 is 0. The first kappa shape index (κ1) is 18.9. The van der Waals surface area contributed by atoms with E-state index in [1.54, 1.807) is 0 Å². The third-order valence-electron chi connectivity index (χ3n) is 5.80. The molecule has 0 N–H and O–H groups in total. The number of hydrogen-bond donors (Lipinski definition) is 0. The maximum Gasteiger partial charge on any atom is 0.236 e. The van der Waals surface area contributed by atoms with E-state index >= 15 is 0 Å². The quantitative estimate of drug-likeness (QED) is 0.777. The molecule has 7 nitrogen and oxygen atoms in total. The summed E-state index contributed by atoms with van der Waals surface area (Å²) in [5.41, 5.74) is 1.18. The fraction of sp³-hybridized carbons (Fsp3) is 0.737. The van der Waals surface area contributed by atoms with Gasteiger partial charge in [-0.2, -0.15) is 0 Å². The van der Waals surface area contributed by atoms with Crippen LogP contribution in [0, 0.1) is 12.8 Å². The molecule has 3 heterocycles. The van der Waals surface area contributed by atoms with Crippen LogP contribution < -0.4 is 0 Å². The molecular formula is C19H31N5O2. The third kappa shape index (κ3) is 3.92. The molecule has 144 valence electrons. The van der Waals surface area contributed by atoms with Crippen molar-refractivity contribution in [3.05, 3.63) is 17.7 Å². The largest absolute Gasteiger partial charge is 0.342 e. The lowest BCUT2D eigenvalue weighted by Crippen LogP contribution is -2.53. The zero-order valence-electron chi connectivity index (χ0n) is 16.3. The van der Waals surface area contributed by atoms with E-state index in [-0.39, 0.29) is 17.7 Å². The maximum absolute atomic E-state index is 12.9. The first-order valence-corrected chi connectivity index (χ1v) is 9.83. The number of likely N-dealkylation sites (N-methyl/N-ethyl adjacent to an activating group) is 1. The Morgan fingerprint density at radius 1 is 1.15 bits per heavy atom. The first-order chi connectivity index (χ1) is 12.5. The summed E-state index contributed by atoms with van der Waals surface area (Å²) in [6.07, 6.45) is 3.59. The zero-order chi connectivity index (χ0) is 18.7. The number of carbonyl (C=O) groups is 2. The molecule has 0 aromatic carbocycles. The summed E-state index contributed by atoms with van der Waals surface area (Å²) in [5.74, 6) is 1.57. The van der Waals surface area contributed by atoms with Crippen molar-refractivity contribution in [1.29, 1.82) is 0 Å². The molecule has 0 spiro atoms. The number of amides is 2. The predicted molar refractivity (Wildman–Crippen MR) is 99.7 cm³/mol. The molecule has 0 aliphatic carbocycles. The minimum atomic E-state index is 0.0717. The molecule has 1 aromatic rings. The number of carbonyl (C=O) groups excluding carboxylic acids is 2. The summed E-state index contributed by atoms with van der Waals surface area (Å²) in [4.78, 5) is 35.5. The Bertz CT molecular complexity index is 644. The molecule has 0 saturated carbocycles. The van der Waals surface area contributed by atoms with Crippen molar-refractivity contribution < 1.29 is 9.59 Å². The molecule has 3 rings (SSSR count). The van der Waals surface area contributed by atoms with Gasteiger partial charge in [0.05, 0.1) is 6.54 Å². The SMILES string of the molecule is CCN(CC)C(=O)CN1CCN(C(=O)C2CCn3c(cnc3C)C2)CC1. The number of hydrogen-bond acceptors (Lipinski definition) is 4. The summed E-state index contributed by atoms with van der Waals surface area (Å²) < 4.78 is 2.22. The highest BCUT2D eigenvalue weighted by Crippen LogP contribution is 2.24. The smallest absolute Gasteiger partial charge is 0.236 e. The van der Waals surface area contributed by atoms with E-state index in [9.17, 15) is 9.59 Å². The van der Waals surface area contributed by atoms with E-state index < -0.39 is 0 Å². The molecular weight excluding hydrogens is 330 g/mol. The van der Waals surface area contributed by atoms with Gasteiger partial charge in [-0.25, -0.2) is 4.98 Å². The van der Waals surface area contributed by atoms with Gasteiger partial charge in [-0.05, 0) is 27.2 Å². The van der Waals surface area contributed by atoms with Crippen molar-refractivity contribution in [2.24, 2.45) is 5.92 Å². The van der Waals surface area contributed by atoms with E-state index in [0.717, 1.165) is 64.5 Å². The van der Waals surface area contributed by atoms with Crippen LogP contribution in [-0.4, -0.2) is 81.9 Å². The van der Waals surface area contributed by atoms with Crippen LogP contribution in [-0.2, 0) is 22.6 Å². The predicted octanol–water partition coefficient (Wildman–Crippen LogP) is 0.767. The third-order valence-corrected chi connectivity index (χ3v) is 5.80. The Hall–Kier alpha value is -1.89. The average Bonchev–Trinajstić information content (AvgIpc) is 3.03. The highest BCUT2D eigenvalue weighted by molar-refractivity contribution is 5.80. The fourth-order valence-electron chi connectivity index (χ4n) is 4.09. The minimum Gasteiger partial charge on any atom is -0.342 e. The molecule has 1 saturated heterocycles. The second-order valence-corrected chi connectivity index (χ2v) is 7.31. The van der Waals surface area contributed by atoms with Crippen LogP contribution >= 0.6 is 0 Å². The zero-order valence-corrected chi connectivity index (χ0v) is 16.3. The average molecular weight is 361 g/mol. The van der Waals surface area contributed by atoms with E-state index in [1.807, 2.05) is 36.8 Å². The lowest BCUT2D eigenvalue weighted by atomic mass is 9.94. The van der Waals surface area contributed by atoms with Gasteiger partial charge in [-0.1, -0.05) is 0 Å². The van der Waals surface area contributed by atoms with E-state index in [1.165, 1.54) is 5.69 Å². The van der Waals surface area contributed by atoms with Gasteiger partial charge in [-0.3, -0.25) is 14.5 Å². The lowest BCUT2D eigenvalue weighted by molar-refractivity contribution is -0.138. The van der Waals surface area contributed by atoms with Crippen molar-refractivity contribution in [2.75, 3.05) is 45.8 Å².